The fraction of sp³-hybridized carbons (Fsp3) is 0.933. The number of morpholine rings is 1. The summed E-state index contributed by atoms with van der Waals surface area (Å²) >= 11 is 0. The highest BCUT2D eigenvalue weighted by atomic mass is 16.5. The Hall–Kier alpha value is -0.650. The van der Waals surface area contributed by atoms with E-state index in [2.05, 4.69) is 31.0 Å². The van der Waals surface area contributed by atoms with Crippen LogP contribution in [-0.4, -0.2) is 60.4 Å². The standard InChI is InChI=1S/C15H30N2O3/c1-11(2)5-6-12(3)16-15(19)8-17-7-14(9-18)20-10-13(17)4/h11-14,18H,5-10H2,1-4H3,(H,16,19). The first kappa shape index (κ1) is 17.4. The molecular weight excluding hydrogens is 256 g/mol. The molecule has 0 aromatic carbocycles. The molecule has 20 heavy (non-hydrogen) atoms. The monoisotopic (exact) mass is 286 g/mol. The molecule has 0 aromatic heterocycles. The summed E-state index contributed by atoms with van der Waals surface area (Å²) in [5.41, 5.74) is 0. The molecule has 1 fully saturated rings. The number of hydrogen-bond donors (Lipinski definition) is 2. The van der Waals surface area contributed by atoms with Gasteiger partial charge < -0.3 is 15.2 Å². The smallest absolute Gasteiger partial charge is 0.234 e. The molecule has 1 aliphatic heterocycles. The molecule has 3 atom stereocenters. The van der Waals surface area contributed by atoms with Crippen LogP contribution in [0.1, 0.15) is 40.5 Å². The Bertz CT molecular complexity index is 297. The summed E-state index contributed by atoms with van der Waals surface area (Å²) in [4.78, 5) is 14.1. The third-order valence-corrected chi connectivity index (χ3v) is 3.77. The summed E-state index contributed by atoms with van der Waals surface area (Å²) < 4.78 is 5.47. The molecular formula is C15H30N2O3. The summed E-state index contributed by atoms with van der Waals surface area (Å²) in [6, 6.07) is 0.435. The molecule has 5 nitrogen and oxygen atoms in total. The van der Waals surface area contributed by atoms with Gasteiger partial charge in [0.05, 0.1) is 25.9 Å². The maximum atomic E-state index is 12.1. The van der Waals surface area contributed by atoms with E-state index in [1.807, 2.05) is 6.92 Å². The highest BCUT2D eigenvalue weighted by molar-refractivity contribution is 5.78. The van der Waals surface area contributed by atoms with Gasteiger partial charge in [0.1, 0.15) is 0 Å². The van der Waals surface area contributed by atoms with E-state index in [1.165, 1.54) is 0 Å². The largest absolute Gasteiger partial charge is 0.394 e. The Kier molecular flexibility index (Phi) is 7.48. The van der Waals surface area contributed by atoms with Gasteiger partial charge in [-0.3, -0.25) is 9.69 Å². The Balaban J connectivity index is 2.33. The minimum atomic E-state index is -0.169. The number of amides is 1. The van der Waals surface area contributed by atoms with Gasteiger partial charge in [-0.15, -0.1) is 0 Å². The van der Waals surface area contributed by atoms with Gasteiger partial charge in [0, 0.05) is 18.6 Å². The Morgan fingerprint density at radius 3 is 2.70 bits per heavy atom. The van der Waals surface area contributed by atoms with E-state index < -0.39 is 0 Å². The van der Waals surface area contributed by atoms with Gasteiger partial charge >= 0.3 is 0 Å². The van der Waals surface area contributed by atoms with Crippen LogP contribution < -0.4 is 5.32 Å². The molecule has 2 N–H and O–H groups in total. The number of rotatable bonds is 7. The third-order valence-electron chi connectivity index (χ3n) is 3.77. The average Bonchev–Trinajstić information content (AvgIpc) is 2.39. The van der Waals surface area contributed by atoms with Crippen LogP contribution in [-0.2, 0) is 9.53 Å². The Morgan fingerprint density at radius 1 is 1.40 bits per heavy atom. The van der Waals surface area contributed by atoms with E-state index in [4.69, 9.17) is 9.84 Å². The quantitative estimate of drug-likeness (QED) is 0.733. The number of carbonyl (C=O) groups excluding carboxylic acids is 1. The van der Waals surface area contributed by atoms with Crippen LogP contribution in [0.15, 0.2) is 0 Å². The second kappa shape index (κ2) is 8.60. The van der Waals surface area contributed by atoms with Gasteiger partial charge in [0.2, 0.25) is 5.91 Å². The number of nitrogens with zero attached hydrogens (tertiary/aromatic N) is 1. The molecule has 0 radical (unpaired) electrons. The van der Waals surface area contributed by atoms with E-state index in [9.17, 15) is 4.79 Å². The lowest BCUT2D eigenvalue weighted by atomic mass is 10.0. The van der Waals surface area contributed by atoms with Gasteiger partial charge in [0.15, 0.2) is 0 Å². The van der Waals surface area contributed by atoms with Crippen molar-refractivity contribution in [2.45, 2.75) is 58.7 Å². The summed E-state index contributed by atoms with van der Waals surface area (Å²) in [5, 5.41) is 12.2. The molecule has 0 saturated carbocycles. The van der Waals surface area contributed by atoms with Crippen molar-refractivity contribution in [3.63, 3.8) is 0 Å². The molecule has 1 saturated heterocycles. The summed E-state index contributed by atoms with van der Waals surface area (Å²) in [7, 11) is 0. The summed E-state index contributed by atoms with van der Waals surface area (Å²) in [5.74, 6) is 0.727. The van der Waals surface area contributed by atoms with Gasteiger partial charge in [-0.25, -0.2) is 0 Å². The van der Waals surface area contributed by atoms with E-state index in [-0.39, 0.29) is 30.7 Å². The van der Waals surface area contributed by atoms with Crippen LogP contribution in [0.2, 0.25) is 0 Å². The number of aliphatic hydroxyl groups is 1. The maximum Gasteiger partial charge on any atom is 0.234 e. The lowest BCUT2D eigenvalue weighted by Gasteiger charge is -2.37. The number of carbonyl (C=O) groups is 1. The molecule has 5 heteroatoms. The van der Waals surface area contributed by atoms with Crippen molar-refractivity contribution in [1.29, 1.82) is 0 Å². The molecule has 1 heterocycles. The predicted octanol–water partition coefficient (Wildman–Crippen LogP) is 1.01. The molecule has 1 amide bonds. The zero-order valence-corrected chi connectivity index (χ0v) is 13.3. The van der Waals surface area contributed by atoms with E-state index in [0.717, 1.165) is 12.8 Å². The summed E-state index contributed by atoms with van der Waals surface area (Å²) in [6.07, 6.45) is 1.97. The molecule has 118 valence electrons. The van der Waals surface area contributed by atoms with Crippen molar-refractivity contribution in [1.82, 2.24) is 10.2 Å². The Morgan fingerprint density at radius 2 is 2.10 bits per heavy atom. The Labute approximate surface area is 122 Å². The van der Waals surface area contributed by atoms with Gasteiger partial charge in [-0.05, 0) is 32.6 Å². The molecule has 1 rings (SSSR count). The van der Waals surface area contributed by atoms with Gasteiger partial charge in [-0.2, -0.15) is 0 Å². The topological polar surface area (TPSA) is 61.8 Å². The van der Waals surface area contributed by atoms with Gasteiger partial charge in [-0.1, -0.05) is 13.8 Å². The van der Waals surface area contributed by atoms with Crippen molar-refractivity contribution in [3.8, 4) is 0 Å². The van der Waals surface area contributed by atoms with Gasteiger partial charge in [0.25, 0.3) is 0 Å². The molecule has 1 aliphatic rings. The number of aliphatic hydroxyl groups excluding tert-OH is 1. The average molecular weight is 286 g/mol. The number of nitrogens with one attached hydrogen (secondary N) is 1. The van der Waals surface area contributed by atoms with Crippen molar-refractivity contribution >= 4 is 5.91 Å². The third kappa shape index (κ3) is 6.20. The zero-order valence-electron chi connectivity index (χ0n) is 13.3. The van der Waals surface area contributed by atoms with E-state index in [1.54, 1.807) is 0 Å². The minimum Gasteiger partial charge on any atom is -0.394 e. The highest BCUT2D eigenvalue weighted by Gasteiger charge is 2.27. The normalized spacial score (nSPS) is 25.7. The first-order chi connectivity index (χ1) is 9.42. The predicted molar refractivity (Wildman–Crippen MR) is 79.5 cm³/mol. The first-order valence-corrected chi connectivity index (χ1v) is 7.68. The van der Waals surface area contributed by atoms with Crippen LogP contribution in [0, 0.1) is 5.92 Å². The van der Waals surface area contributed by atoms with E-state index >= 15 is 0 Å². The fourth-order valence-electron chi connectivity index (χ4n) is 2.37. The van der Waals surface area contributed by atoms with Crippen LogP contribution in [0.5, 0.6) is 0 Å². The fourth-order valence-corrected chi connectivity index (χ4v) is 2.37. The molecule has 0 spiro atoms. The molecule has 0 aliphatic carbocycles. The summed E-state index contributed by atoms with van der Waals surface area (Å²) in [6.45, 7) is 10.1. The zero-order chi connectivity index (χ0) is 15.1. The molecule has 0 aromatic rings. The number of hydrogen-bond acceptors (Lipinski definition) is 4. The lowest BCUT2D eigenvalue weighted by Crippen LogP contribution is -2.53. The highest BCUT2D eigenvalue weighted by Crippen LogP contribution is 2.11. The molecule has 3 unspecified atom stereocenters. The second-order valence-electron chi connectivity index (χ2n) is 6.36. The van der Waals surface area contributed by atoms with Crippen LogP contribution in [0.3, 0.4) is 0 Å². The van der Waals surface area contributed by atoms with Crippen LogP contribution >= 0.6 is 0 Å². The van der Waals surface area contributed by atoms with Crippen molar-refractivity contribution < 1.29 is 14.6 Å². The first-order valence-electron chi connectivity index (χ1n) is 7.68. The number of ether oxygens (including phenoxy) is 1. The van der Waals surface area contributed by atoms with Crippen molar-refractivity contribution in [2.24, 2.45) is 5.92 Å². The van der Waals surface area contributed by atoms with Crippen molar-refractivity contribution in [2.75, 3.05) is 26.3 Å². The second-order valence-corrected chi connectivity index (χ2v) is 6.36. The van der Waals surface area contributed by atoms with E-state index in [0.29, 0.717) is 25.6 Å². The lowest BCUT2D eigenvalue weighted by molar-refractivity contribution is -0.128. The van der Waals surface area contributed by atoms with Crippen LogP contribution in [0.25, 0.3) is 0 Å². The minimum absolute atomic E-state index is 0.00955. The van der Waals surface area contributed by atoms with Crippen LogP contribution in [0.4, 0.5) is 0 Å². The SMILES string of the molecule is CC(C)CCC(C)NC(=O)CN1CC(CO)OCC1C. The maximum absolute atomic E-state index is 12.1. The molecule has 0 bridgehead atoms. The van der Waals surface area contributed by atoms with Crippen molar-refractivity contribution in [3.05, 3.63) is 0 Å².